The summed E-state index contributed by atoms with van der Waals surface area (Å²) >= 11 is 4.72. The van der Waals surface area contributed by atoms with Gasteiger partial charge in [0.1, 0.15) is 52.9 Å². The van der Waals surface area contributed by atoms with Gasteiger partial charge in [0, 0.05) is 87.4 Å². The van der Waals surface area contributed by atoms with Gasteiger partial charge in [-0.1, -0.05) is 0 Å². The van der Waals surface area contributed by atoms with Crippen LogP contribution in [0.2, 0.25) is 0 Å². The van der Waals surface area contributed by atoms with Crippen molar-refractivity contribution >= 4 is 143 Å². The number of alkyl carbamates (subject to hydrolysis) is 1. The van der Waals surface area contributed by atoms with E-state index in [0.717, 1.165) is 0 Å². The maximum absolute atomic E-state index is 11.3. The van der Waals surface area contributed by atoms with Gasteiger partial charge in [-0.3, -0.25) is 102 Å². The second kappa shape index (κ2) is 65.7. The molecular weight excluding hydrogens is 1640 g/mol. The summed E-state index contributed by atoms with van der Waals surface area (Å²) in [5.74, 6) is -8.09. The van der Waals surface area contributed by atoms with Crippen molar-refractivity contribution in [3.63, 3.8) is 0 Å². The molecule has 654 valence electrons. The maximum Gasteiger partial charge on any atom is 0.510 e. The fraction of sp³-hybridized carbons (Fsp3) is 0.789. The first kappa shape index (κ1) is 115. The Morgan fingerprint density at radius 2 is 0.595 bits per heavy atom. The maximum atomic E-state index is 11.3. The van der Waals surface area contributed by atoms with Gasteiger partial charge in [0.25, 0.3) is 60.7 Å². The fourth-order valence-electron chi connectivity index (χ4n) is 5.63. The summed E-state index contributed by atoms with van der Waals surface area (Å²) < 4.78 is 208. The van der Waals surface area contributed by atoms with Crippen LogP contribution in [0.15, 0.2) is 0 Å². The zero-order valence-electron chi connectivity index (χ0n) is 63.8. The van der Waals surface area contributed by atoms with Crippen LogP contribution in [0.3, 0.4) is 0 Å². The number of rotatable bonds is 51. The van der Waals surface area contributed by atoms with Crippen molar-refractivity contribution in [2.24, 2.45) is 0 Å². The Bertz CT molecular complexity index is 3120. The average Bonchev–Trinajstić information content (AvgIpc) is 1.04. The fourth-order valence-corrected chi connectivity index (χ4v) is 8.36. The molecule has 0 aromatic heterocycles. The molecule has 0 aliphatic heterocycles. The average molecular weight is 1750 g/mol. The van der Waals surface area contributed by atoms with Crippen LogP contribution in [0.25, 0.3) is 0 Å². The summed E-state index contributed by atoms with van der Waals surface area (Å²) in [4.78, 5) is 123. The summed E-state index contributed by atoms with van der Waals surface area (Å²) in [6.07, 6.45) is -3.18. The van der Waals surface area contributed by atoms with Gasteiger partial charge in [-0.05, 0) is 102 Å². The van der Waals surface area contributed by atoms with Gasteiger partial charge < -0.3 is 59.7 Å². The number of carbonyl (C=O) groups is 11. The van der Waals surface area contributed by atoms with Gasteiger partial charge in [0.2, 0.25) is 23.6 Å². The van der Waals surface area contributed by atoms with Crippen molar-refractivity contribution in [1.29, 1.82) is 0 Å². The van der Waals surface area contributed by atoms with E-state index in [0.29, 0.717) is 0 Å². The van der Waals surface area contributed by atoms with Crippen molar-refractivity contribution in [2.45, 2.75) is 177 Å². The summed E-state index contributed by atoms with van der Waals surface area (Å²) in [5.41, 5.74) is 0. The number of amides is 5. The minimum Gasteiger partial charge on any atom is -0.449 e. The molecule has 17 N–H and O–H groups in total. The van der Waals surface area contributed by atoms with E-state index in [1.54, 1.807) is 0 Å². The molecule has 0 aliphatic carbocycles. The summed E-state index contributed by atoms with van der Waals surface area (Å²) in [7, 11) is -24.5. The third-order valence-electron chi connectivity index (χ3n) is 11.0. The molecule has 0 unspecified atom stereocenters. The number of ketones is 3. The van der Waals surface area contributed by atoms with Crippen LogP contribution in [0.5, 0.6) is 0 Å². The lowest BCUT2D eigenvalue weighted by molar-refractivity contribution is -0.148. The van der Waals surface area contributed by atoms with Crippen LogP contribution in [-0.2, 0) is 137 Å². The molecule has 111 heavy (non-hydrogen) atoms. The number of Topliss-reactive ketones (excluding diaryl/α,β-unsaturated/α-hetero) is 3. The molecule has 54 heteroatoms. The van der Waals surface area contributed by atoms with Crippen LogP contribution in [0.1, 0.15) is 141 Å². The largest absolute Gasteiger partial charge is 0.510 e. The molecule has 5 amide bonds. The van der Waals surface area contributed by atoms with Crippen molar-refractivity contribution in [3.8, 4) is 0 Å². The molecule has 0 fully saturated rings. The van der Waals surface area contributed by atoms with E-state index in [9.17, 15) is 103 Å². The van der Waals surface area contributed by atoms with Crippen LogP contribution in [0.4, 0.5) is 9.59 Å². The molecule has 0 bridgehead atoms. The van der Waals surface area contributed by atoms with E-state index in [4.69, 9.17) is 63.2 Å². The van der Waals surface area contributed by atoms with Crippen molar-refractivity contribution < 1.29 is 164 Å². The molecule has 0 saturated heterocycles. The minimum absolute atomic E-state index is 0.00729. The molecule has 0 aromatic carbocycles. The zero-order chi connectivity index (χ0) is 87.2. The summed E-state index contributed by atoms with van der Waals surface area (Å²) in [5, 5.41) is 28.3. The number of hydrogen-bond donors (Lipinski definition) is 17. The molecule has 0 rings (SSSR count). The van der Waals surface area contributed by atoms with Crippen LogP contribution < -0.4 is 58.5 Å². The van der Waals surface area contributed by atoms with Crippen molar-refractivity contribution in [2.75, 3.05) is 114 Å². The Hall–Kier alpha value is -6.72. The number of hydrogen-bond acceptors (Lipinski definition) is 37. The third kappa shape index (κ3) is 110. The van der Waals surface area contributed by atoms with Gasteiger partial charge in [0.15, 0.2) is 30.6 Å². The first-order valence-corrected chi connectivity index (χ1v) is 43.3. The lowest BCUT2D eigenvalue weighted by atomic mass is 10.2. The van der Waals surface area contributed by atoms with E-state index in [1.807, 2.05) is 83.1 Å². The van der Waals surface area contributed by atoms with E-state index >= 15 is 0 Å². The quantitative estimate of drug-likeness (QED) is 0.00718. The second-order valence-corrected chi connectivity index (χ2v) is 33.8. The highest BCUT2D eigenvalue weighted by Gasteiger charge is 2.18. The molecule has 0 aromatic rings. The highest BCUT2D eigenvalue weighted by molar-refractivity contribution is 7.87. The van der Waals surface area contributed by atoms with E-state index in [1.165, 1.54) is 0 Å². The smallest absolute Gasteiger partial charge is 0.449 e. The predicted molar refractivity (Wildman–Crippen MR) is 400 cm³/mol. The lowest BCUT2D eigenvalue weighted by Gasteiger charge is -2.11. The minimum atomic E-state index is -4.11. The molecule has 0 atom stereocenters. The first-order chi connectivity index (χ1) is 50.7. The highest BCUT2D eigenvalue weighted by Crippen LogP contribution is 2.00. The molecular formula is C57H113N11O36S7. The molecule has 0 spiro atoms. The van der Waals surface area contributed by atoms with Crippen molar-refractivity contribution in [3.05, 3.63) is 0 Å². The number of carbonyl (C=O) groups excluding carboxylic acids is 11. The first-order valence-electron chi connectivity index (χ1n) is 33.3. The van der Waals surface area contributed by atoms with Crippen LogP contribution in [-0.4, -0.2) is 299 Å². The van der Waals surface area contributed by atoms with Crippen molar-refractivity contribution in [1.82, 2.24) is 58.5 Å². The lowest BCUT2D eigenvalue weighted by Crippen LogP contribution is -2.39. The Morgan fingerprint density at radius 1 is 0.315 bits per heavy atom. The van der Waals surface area contributed by atoms with E-state index in [-0.39, 0.29) is 171 Å². The normalized spacial score (nSPS) is 11.4. The van der Waals surface area contributed by atoms with Gasteiger partial charge in [-0.25, -0.2) is 9.59 Å². The molecule has 0 saturated carbocycles. The SMILES string of the molecule is CC(C)NCNC(=O)CC(=O)NCCS(=O)(=O)O.CC(C)NCOC(=O)CC(=O)NCCS(=O)(=O)O.CC(C)NCOC(=O)CC(=O)NCCS(=O)(=O)O.CC(C)NCOC(=O)NCC(=O)CCCS(=O)(=O)O.CC(C)NCOC(=O)OCC(=O)CCCS(=O)(=O)O.CC(C)NCOC(=S)OCC(=O)CCCS(=O)(=O)O. The van der Waals surface area contributed by atoms with Gasteiger partial charge in [0.05, 0.1) is 47.7 Å². The zero-order valence-corrected chi connectivity index (χ0v) is 69.6. The number of ether oxygens (including phenoxy) is 7. The Balaban J connectivity index is -0.000000298. The topological polar surface area (TPSA) is 711 Å². The number of esters is 2. The molecule has 0 aliphatic rings. The van der Waals surface area contributed by atoms with Gasteiger partial charge >= 0.3 is 29.4 Å². The van der Waals surface area contributed by atoms with Crippen LogP contribution in [0, 0.1) is 0 Å². The third-order valence-corrected chi connectivity index (χ3v) is 15.8. The highest BCUT2D eigenvalue weighted by atomic mass is 32.2. The molecule has 47 nitrogen and oxygen atoms in total. The number of thiocarbonyl (C=S) groups is 1. The van der Waals surface area contributed by atoms with E-state index in [2.05, 4.69) is 68.0 Å². The van der Waals surface area contributed by atoms with Gasteiger partial charge in [-0.2, -0.15) is 50.5 Å². The Labute approximate surface area is 653 Å². The Morgan fingerprint density at radius 3 is 0.919 bits per heavy atom. The monoisotopic (exact) mass is 1750 g/mol. The predicted octanol–water partition coefficient (Wildman–Crippen LogP) is -3.05. The number of nitrogens with one attached hydrogen (secondary N) is 11. The van der Waals surface area contributed by atoms with Crippen LogP contribution >= 0.6 is 12.2 Å². The summed E-state index contributed by atoms with van der Waals surface area (Å²) in [6.45, 7) is 21.5. The molecule has 0 heterocycles. The van der Waals surface area contributed by atoms with E-state index < -0.39 is 168 Å². The van der Waals surface area contributed by atoms with Gasteiger partial charge in [-0.15, -0.1) is 0 Å². The molecule has 0 radical (unpaired) electrons. The standard InChI is InChI=1S/C10H20N2O6S.C10H19NO7S.C10H19NO6S2.C9H19N3O5S.2C9H18N2O6S/c1-8(2)12-7-18-10(14)11-6-9(13)4-3-5-19(15,16)17;1-8(2)11-7-18-10(13)17-6-9(12)4-3-5-19(14,15)16;1-8(2)11-7-17-10(18)16-6-9(12)4-3-5-19(13,14)15;1-7(2)11-6-12-9(14)5-8(13)10-3-4-18(15,16)17;2*1-7(2)11-6-17-9(13)5-8(12)10-3-4-18(14,15)16/h8,12H,3-7H2,1-2H3,(H,11,14)(H,15,16,17);8,11H,3-7H2,1-2H3,(H,14,15,16);8,11H,3-7H2,1-2H3,(H,13,14,15);7,11H,3-6H2,1-2H3,(H,10,13)(H,12,14)(H,15,16,17);2*7,11H,3-6H2,1-2H3,(H,10,12)(H,14,15,16). The summed E-state index contributed by atoms with van der Waals surface area (Å²) in [6, 6.07) is 1.09. The second-order valence-electron chi connectivity index (χ2n) is 24.1. The Kier molecular flexibility index (Phi) is 68.1.